The van der Waals surface area contributed by atoms with Crippen LogP contribution in [0.15, 0.2) is 28.7 Å². The minimum absolute atomic E-state index is 0.205. The van der Waals surface area contributed by atoms with E-state index in [-0.39, 0.29) is 5.75 Å². The van der Waals surface area contributed by atoms with Crippen LogP contribution in [0.4, 0.5) is 0 Å². The van der Waals surface area contributed by atoms with Gasteiger partial charge in [0.05, 0.1) is 5.75 Å². The zero-order valence-electron chi connectivity index (χ0n) is 9.40. The summed E-state index contributed by atoms with van der Waals surface area (Å²) in [5.41, 5.74) is 2.28. The van der Waals surface area contributed by atoms with Crippen LogP contribution in [0.2, 0.25) is 0 Å². The lowest BCUT2D eigenvalue weighted by atomic mass is 10.1. The number of hydrogen-bond donors (Lipinski definition) is 0. The van der Waals surface area contributed by atoms with Crippen LogP contribution in [0, 0.1) is 6.92 Å². The molecule has 0 N–H and O–H groups in total. The van der Waals surface area contributed by atoms with Crippen LogP contribution in [0.1, 0.15) is 17.5 Å². The molecule has 0 aliphatic rings. The molecule has 0 bridgehead atoms. The van der Waals surface area contributed by atoms with E-state index >= 15 is 0 Å². The smallest absolute Gasteiger partial charge is 0.147 e. The second kappa shape index (κ2) is 5.64. The first-order chi connectivity index (χ1) is 7.40. The van der Waals surface area contributed by atoms with Crippen LogP contribution in [0.3, 0.4) is 0 Å². The quantitative estimate of drug-likeness (QED) is 0.856. The number of halogens is 1. The van der Waals surface area contributed by atoms with E-state index in [1.165, 1.54) is 6.26 Å². The van der Waals surface area contributed by atoms with Gasteiger partial charge >= 0.3 is 0 Å². The Kier molecular flexibility index (Phi) is 4.74. The van der Waals surface area contributed by atoms with Crippen molar-refractivity contribution in [3.63, 3.8) is 0 Å². The highest BCUT2D eigenvalue weighted by Crippen LogP contribution is 2.20. The van der Waals surface area contributed by atoms with Gasteiger partial charge in [0.1, 0.15) is 9.84 Å². The topological polar surface area (TPSA) is 34.1 Å². The molecule has 0 fully saturated rings. The Balaban J connectivity index is 2.67. The summed E-state index contributed by atoms with van der Waals surface area (Å²) in [6, 6.07) is 5.97. The second-order valence-corrected chi connectivity index (χ2v) is 6.89. The molecule has 0 saturated heterocycles. The highest BCUT2D eigenvalue weighted by atomic mass is 79.9. The maximum Gasteiger partial charge on any atom is 0.147 e. The summed E-state index contributed by atoms with van der Waals surface area (Å²) in [4.78, 5) is 0. The van der Waals surface area contributed by atoms with E-state index in [0.717, 1.165) is 15.6 Å². The van der Waals surface area contributed by atoms with Gasteiger partial charge in [-0.1, -0.05) is 40.2 Å². The van der Waals surface area contributed by atoms with Gasteiger partial charge < -0.3 is 0 Å². The highest BCUT2D eigenvalue weighted by Gasteiger charge is 2.00. The molecule has 0 amide bonds. The zero-order valence-corrected chi connectivity index (χ0v) is 11.8. The summed E-state index contributed by atoms with van der Waals surface area (Å²) in [5, 5.41) is 0. The van der Waals surface area contributed by atoms with Crippen molar-refractivity contribution in [3.05, 3.63) is 39.9 Å². The van der Waals surface area contributed by atoms with Crippen LogP contribution < -0.4 is 0 Å². The summed E-state index contributed by atoms with van der Waals surface area (Å²) in [6.45, 7) is 2.03. The van der Waals surface area contributed by atoms with Crippen molar-refractivity contribution in [2.45, 2.75) is 13.3 Å². The molecule has 0 radical (unpaired) electrons. The molecule has 88 valence electrons. The minimum atomic E-state index is -2.86. The van der Waals surface area contributed by atoms with Gasteiger partial charge in [-0.15, -0.1) is 0 Å². The molecule has 1 rings (SSSR count). The van der Waals surface area contributed by atoms with E-state index in [1.807, 2.05) is 37.3 Å². The summed E-state index contributed by atoms with van der Waals surface area (Å²) in [5.74, 6) is 0.205. The van der Waals surface area contributed by atoms with Crippen molar-refractivity contribution in [2.75, 3.05) is 12.0 Å². The third-order valence-corrected chi connectivity index (χ3v) is 4.10. The first-order valence-corrected chi connectivity index (χ1v) is 7.85. The third kappa shape index (κ3) is 4.49. The lowest BCUT2D eigenvalue weighted by molar-refractivity contribution is 0.601. The molecule has 0 atom stereocenters. The monoisotopic (exact) mass is 302 g/mol. The van der Waals surface area contributed by atoms with E-state index in [1.54, 1.807) is 0 Å². The molecule has 0 heterocycles. The molecule has 1 aromatic rings. The Morgan fingerprint density at radius 3 is 2.69 bits per heavy atom. The van der Waals surface area contributed by atoms with Crippen LogP contribution >= 0.6 is 15.9 Å². The predicted octanol–water partition coefficient (Wildman–Crippen LogP) is 3.21. The number of rotatable bonds is 4. The summed E-state index contributed by atoms with van der Waals surface area (Å²) >= 11 is 3.46. The largest absolute Gasteiger partial charge is 0.229 e. The molecule has 0 aromatic heterocycles. The van der Waals surface area contributed by atoms with Crippen LogP contribution in [-0.4, -0.2) is 20.4 Å². The van der Waals surface area contributed by atoms with Crippen molar-refractivity contribution >= 4 is 31.8 Å². The van der Waals surface area contributed by atoms with Crippen molar-refractivity contribution < 1.29 is 8.42 Å². The van der Waals surface area contributed by atoms with E-state index < -0.39 is 9.84 Å². The minimum Gasteiger partial charge on any atom is -0.229 e. The first-order valence-electron chi connectivity index (χ1n) is 4.99. The van der Waals surface area contributed by atoms with Gasteiger partial charge in [-0.3, -0.25) is 0 Å². The summed E-state index contributed by atoms with van der Waals surface area (Å²) in [6.07, 6.45) is 5.68. The highest BCUT2D eigenvalue weighted by molar-refractivity contribution is 9.10. The molecule has 0 aliphatic heterocycles. The Labute approximate surface area is 105 Å². The first kappa shape index (κ1) is 13.5. The lowest BCUT2D eigenvalue weighted by Gasteiger charge is -2.02. The Morgan fingerprint density at radius 2 is 2.06 bits per heavy atom. The normalized spacial score (nSPS) is 12.2. The Hall–Kier alpha value is -0.610. The lowest BCUT2D eigenvalue weighted by Crippen LogP contribution is -2.00. The molecule has 16 heavy (non-hydrogen) atoms. The van der Waals surface area contributed by atoms with Gasteiger partial charge in [0.25, 0.3) is 0 Å². The molecule has 1 aromatic carbocycles. The van der Waals surface area contributed by atoms with Crippen LogP contribution in [0.25, 0.3) is 6.08 Å². The van der Waals surface area contributed by atoms with Crippen molar-refractivity contribution in [3.8, 4) is 0 Å². The van der Waals surface area contributed by atoms with Gasteiger partial charge in [0.15, 0.2) is 0 Å². The molecular formula is C12H15BrO2S. The molecule has 0 saturated carbocycles. The van der Waals surface area contributed by atoms with Gasteiger partial charge in [-0.2, -0.15) is 0 Å². The number of hydrogen-bond acceptors (Lipinski definition) is 2. The average molecular weight is 303 g/mol. The molecule has 0 aliphatic carbocycles. The fraction of sp³-hybridized carbons (Fsp3) is 0.333. The fourth-order valence-electron chi connectivity index (χ4n) is 1.30. The Morgan fingerprint density at radius 1 is 1.38 bits per heavy atom. The molecular weight excluding hydrogens is 288 g/mol. The molecule has 4 heteroatoms. The van der Waals surface area contributed by atoms with Crippen molar-refractivity contribution in [2.24, 2.45) is 0 Å². The van der Waals surface area contributed by atoms with Crippen LogP contribution in [0.5, 0.6) is 0 Å². The standard InChI is InChI=1S/C12H15BrO2S/c1-10-11(7-5-8-12(10)13)6-3-4-9-16(2,14)15/h3,5-8H,4,9H2,1-2H3. The molecule has 0 unspecified atom stereocenters. The third-order valence-electron chi connectivity index (χ3n) is 2.26. The summed E-state index contributed by atoms with van der Waals surface area (Å²) < 4.78 is 22.9. The fourth-order valence-corrected chi connectivity index (χ4v) is 2.24. The van der Waals surface area contributed by atoms with E-state index in [9.17, 15) is 8.42 Å². The van der Waals surface area contributed by atoms with E-state index in [4.69, 9.17) is 0 Å². The van der Waals surface area contributed by atoms with E-state index in [2.05, 4.69) is 15.9 Å². The molecule has 0 spiro atoms. The maximum absolute atomic E-state index is 10.9. The van der Waals surface area contributed by atoms with Gasteiger partial charge in [0.2, 0.25) is 0 Å². The van der Waals surface area contributed by atoms with Gasteiger partial charge in [0, 0.05) is 10.7 Å². The number of allylic oxidation sites excluding steroid dienone is 1. The molecule has 2 nitrogen and oxygen atoms in total. The number of benzene rings is 1. The summed E-state index contributed by atoms with van der Waals surface area (Å²) in [7, 11) is -2.86. The second-order valence-electron chi connectivity index (χ2n) is 3.77. The van der Waals surface area contributed by atoms with Gasteiger partial charge in [-0.05, 0) is 30.5 Å². The van der Waals surface area contributed by atoms with Gasteiger partial charge in [-0.25, -0.2) is 8.42 Å². The Bertz CT molecular complexity index is 490. The average Bonchev–Trinajstić information content (AvgIpc) is 2.17. The van der Waals surface area contributed by atoms with Crippen LogP contribution in [-0.2, 0) is 9.84 Å². The zero-order chi connectivity index (χ0) is 12.2. The SMILES string of the molecule is Cc1c(Br)cccc1C=CCCS(C)(=O)=O. The maximum atomic E-state index is 10.9. The van der Waals surface area contributed by atoms with Crippen molar-refractivity contribution in [1.29, 1.82) is 0 Å². The van der Waals surface area contributed by atoms with E-state index in [0.29, 0.717) is 6.42 Å². The van der Waals surface area contributed by atoms with Crippen molar-refractivity contribution in [1.82, 2.24) is 0 Å². The number of sulfone groups is 1. The predicted molar refractivity (Wildman–Crippen MR) is 72.2 cm³/mol.